The quantitative estimate of drug-likeness (QED) is 0.842. The highest BCUT2D eigenvalue weighted by atomic mass is 35.5. The van der Waals surface area contributed by atoms with Gasteiger partial charge in [0.2, 0.25) is 0 Å². The Hall–Kier alpha value is -0.390. The van der Waals surface area contributed by atoms with Crippen molar-refractivity contribution in [3.05, 3.63) is 16.4 Å². The Labute approximate surface area is 104 Å². The lowest BCUT2D eigenvalue weighted by atomic mass is 10.3. The molecule has 0 amide bonds. The van der Waals surface area contributed by atoms with Gasteiger partial charge in [-0.2, -0.15) is 5.10 Å². The normalized spacial score (nSPS) is 13.0. The van der Waals surface area contributed by atoms with Crippen molar-refractivity contribution in [2.75, 3.05) is 12.3 Å². The maximum absolute atomic E-state index is 11.7. The molecule has 0 aliphatic carbocycles. The largest absolute Gasteiger partial charge is 0.330 e. The summed E-state index contributed by atoms with van der Waals surface area (Å²) in [6.07, 6.45) is 0.794. The minimum Gasteiger partial charge on any atom is -0.330 e. The first-order valence-corrected chi connectivity index (χ1v) is 7.29. The average molecular weight is 264 g/mol. The fourth-order valence-corrected chi connectivity index (χ4v) is 2.93. The van der Waals surface area contributed by atoms with Gasteiger partial charge in [0.15, 0.2) is 0 Å². The summed E-state index contributed by atoms with van der Waals surface area (Å²) in [4.78, 5) is 0. The second kappa shape index (κ2) is 6.37. The first kappa shape index (κ1) is 13.7. The number of rotatable bonds is 6. The number of hydrogen-bond acceptors (Lipinski definition) is 3. The summed E-state index contributed by atoms with van der Waals surface area (Å²) in [5.74, 6) is 0.948. The van der Waals surface area contributed by atoms with Crippen LogP contribution < -0.4 is 5.73 Å². The number of aromatic nitrogens is 2. The molecule has 6 heteroatoms. The van der Waals surface area contributed by atoms with E-state index in [1.807, 2.05) is 18.5 Å². The van der Waals surface area contributed by atoms with Crippen LogP contribution in [0.1, 0.15) is 25.2 Å². The Morgan fingerprint density at radius 2 is 2.19 bits per heavy atom. The van der Waals surface area contributed by atoms with Gasteiger partial charge >= 0.3 is 0 Å². The number of aryl methyl sites for hydroxylation is 2. The van der Waals surface area contributed by atoms with E-state index < -0.39 is 10.8 Å². The summed E-state index contributed by atoms with van der Waals surface area (Å²) in [7, 11) is -0.952. The summed E-state index contributed by atoms with van der Waals surface area (Å²) < 4.78 is 13.5. The Bertz CT molecular complexity index is 378. The van der Waals surface area contributed by atoms with Gasteiger partial charge in [-0.05, 0) is 13.3 Å². The van der Waals surface area contributed by atoms with Crippen molar-refractivity contribution in [2.24, 2.45) is 5.73 Å². The summed E-state index contributed by atoms with van der Waals surface area (Å²) in [5.41, 5.74) is 7.12. The van der Waals surface area contributed by atoms with E-state index in [2.05, 4.69) is 5.10 Å². The predicted molar refractivity (Wildman–Crippen MR) is 68.1 cm³/mol. The van der Waals surface area contributed by atoms with Crippen molar-refractivity contribution >= 4 is 22.4 Å². The predicted octanol–water partition coefficient (Wildman–Crippen LogP) is 1.33. The van der Waals surface area contributed by atoms with Gasteiger partial charge in [-0.25, -0.2) is 0 Å². The first-order chi connectivity index (χ1) is 7.63. The van der Waals surface area contributed by atoms with Crippen LogP contribution in [0.2, 0.25) is 5.02 Å². The lowest BCUT2D eigenvalue weighted by Crippen LogP contribution is -2.14. The zero-order chi connectivity index (χ0) is 12.1. The molecule has 2 N–H and O–H groups in total. The summed E-state index contributed by atoms with van der Waals surface area (Å²) in [6.45, 7) is 5.19. The molecule has 0 aromatic carbocycles. The van der Waals surface area contributed by atoms with Crippen LogP contribution in [0.3, 0.4) is 0 Å². The third-order valence-electron chi connectivity index (χ3n) is 2.34. The second-order valence-electron chi connectivity index (χ2n) is 3.45. The van der Waals surface area contributed by atoms with E-state index in [1.54, 1.807) is 0 Å². The van der Waals surface area contributed by atoms with Gasteiger partial charge in [0.1, 0.15) is 0 Å². The molecular weight excluding hydrogens is 246 g/mol. The van der Waals surface area contributed by atoms with Gasteiger partial charge < -0.3 is 5.73 Å². The number of nitrogens with zero attached hydrogens (tertiary/aromatic N) is 2. The van der Waals surface area contributed by atoms with Crippen LogP contribution in [0.25, 0.3) is 0 Å². The molecule has 0 spiro atoms. The molecule has 1 atom stereocenters. The van der Waals surface area contributed by atoms with Crippen LogP contribution >= 0.6 is 11.6 Å². The molecule has 0 bridgehead atoms. The van der Waals surface area contributed by atoms with E-state index in [9.17, 15) is 4.21 Å². The highest BCUT2D eigenvalue weighted by Crippen LogP contribution is 2.22. The van der Waals surface area contributed by atoms with Crippen molar-refractivity contribution in [2.45, 2.75) is 32.6 Å². The fraction of sp³-hybridized carbons (Fsp3) is 0.700. The Morgan fingerprint density at radius 3 is 2.69 bits per heavy atom. The van der Waals surface area contributed by atoms with E-state index in [1.165, 1.54) is 0 Å². The molecule has 0 radical (unpaired) electrons. The Morgan fingerprint density at radius 1 is 1.50 bits per heavy atom. The smallest absolute Gasteiger partial charge is 0.0859 e. The lowest BCUT2D eigenvalue weighted by Gasteiger charge is -2.04. The van der Waals surface area contributed by atoms with Gasteiger partial charge in [-0.1, -0.05) is 18.5 Å². The molecule has 16 heavy (non-hydrogen) atoms. The molecular formula is C10H18ClN3OS. The summed E-state index contributed by atoms with van der Waals surface area (Å²) >= 11 is 6.20. The van der Waals surface area contributed by atoms with Crippen LogP contribution in [-0.2, 0) is 29.5 Å². The molecule has 0 saturated carbocycles. The maximum Gasteiger partial charge on any atom is 0.0859 e. The third kappa shape index (κ3) is 3.06. The molecule has 1 aromatic rings. The lowest BCUT2D eigenvalue weighted by molar-refractivity contribution is 0.623. The molecule has 0 aliphatic rings. The zero-order valence-corrected chi connectivity index (χ0v) is 11.3. The molecule has 0 saturated heterocycles. The van der Waals surface area contributed by atoms with Crippen LogP contribution in [0.4, 0.5) is 0 Å². The van der Waals surface area contributed by atoms with Crippen molar-refractivity contribution < 1.29 is 4.21 Å². The van der Waals surface area contributed by atoms with Crippen LogP contribution in [0.15, 0.2) is 0 Å². The van der Waals surface area contributed by atoms with Crippen molar-refractivity contribution in [1.29, 1.82) is 0 Å². The standard InChI is InChI=1S/C10H18ClN3OS/c1-3-8-10(11)9(14(4-2)13-8)7-16(15)6-5-12/h3-7,12H2,1-2H3. The highest BCUT2D eigenvalue weighted by molar-refractivity contribution is 7.84. The molecule has 0 aliphatic heterocycles. The molecule has 1 rings (SSSR count). The SMILES string of the molecule is CCc1nn(CC)c(CS(=O)CCN)c1Cl. The topological polar surface area (TPSA) is 60.9 Å². The zero-order valence-electron chi connectivity index (χ0n) is 9.70. The summed E-state index contributed by atoms with van der Waals surface area (Å²) in [6, 6.07) is 0. The maximum atomic E-state index is 11.7. The highest BCUT2D eigenvalue weighted by Gasteiger charge is 2.16. The number of hydrogen-bond donors (Lipinski definition) is 1. The molecule has 1 unspecified atom stereocenters. The van der Waals surface area contributed by atoms with Crippen molar-refractivity contribution in [3.63, 3.8) is 0 Å². The minimum absolute atomic E-state index is 0.436. The average Bonchev–Trinajstić information content (AvgIpc) is 2.56. The minimum atomic E-state index is -0.952. The number of halogens is 1. The molecule has 92 valence electrons. The molecule has 1 heterocycles. The molecule has 4 nitrogen and oxygen atoms in total. The Kier molecular flexibility index (Phi) is 5.44. The van der Waals surface area contributed by atoms with E-state index in [-0.39, 0.29) is 0 Å². The van der Waals surface area contributed by atoms with E-state index in [0.717, 1.165) is 24.4 Å². The van der Waals surface area contributed by atoms with Crippen LogP contribution in [-0.4, -0.2) is 26.3 Å². The van der Waals surface area contributed by atoms with E-state index in [4.69, 9.17) is 17.3 Å². The van der Waals surface area contributed by atoms with E-state index in [0.29, 0.717) is 23.1 Å². The van der Waals surface area contributed by atoms with Gasteiger partial charge in [-0.15, -0.1) is 0 Å². The monoisotopic (exact) mass is 263 g/mol. The number of nitrogens with two attached hydrogens (primary N) is 1. The van der Waals surface area contributed by atoms with E-state index >= 15 is 0 Å². The van der Waals surface area contributed by atoms with Crippen molar-refractivity contribution in [1.82, 2.24) is 9.78 Å². The fourth-order valence-electron chi connectivity index (χ4n) is 1.51. The summed E-state index contributed by atoms with van der Waals surface area (Å²) in [5, 5.41) is 5.04. The molecule has 1 aromatic heterocycles. The second-order valence-corrected chi connectivity index (χ2v) is 5.41. The van der Waals surface area contributed by atoms with Gasteiger partial charge in [0.05, 0.1) is 22.2 Å². The Balaban J connectivity index is 2.93. The van der Waals surface area contributed by atoms with Crippen molar-refractivity contribution in [3.8, 4) is 0 Å². The van der Waals surface area contributed by atoms with Crippen LogP contribution in [0, 0.1) is 0 Å². The van der Waals surface area contributed by atoms with Gasteiger partial charge in [0.25, 0.3) is 0 Å². The third-order valence-corrected chi connectivity index (χ3v) is 4.06. The van der Waals surface area contributed by atoms with Crippen LogP contribution in [0.5, 0.6) is 0 Å². The van der Waals surface area contributed by atoms with Gasteiger partial charge in [-0.3, -0.25) is 8.89 Å². The molecule has 0 fully saturated rings. The van der Waals surface area contributed by atoms with Gasteiger partial charge in [0, 0.05) is 29.6 Å². The first-order valence-electron chi connectivity index (χ1n) is 5.43.